The highest BCUT2D eigenvalue weighted by molar-refractivity contribution is 9.10. The van der Waals surface area contributed by atoms with E-state index in [1.54, 1.807) is 0 Å². The zero-order valence-corrected chi connectivity index (χ0v) is 11.9. The molecule has 90 valence electrons. The third kappa shape index (κ3) is 2.02. The molecule has 2 heterocycles. The molecule has 0 bridgehead atoms. The van der Waals surface area contributed by atoms with Crippen LogP contribution in [0.5, 0.6) is 0 Å². The number of hydrogen-bond donors (Lipinski definition) is 1. The van der Waals surface area contributed by atoms with Crippen LogP contribution in [0.3, 0.4) is 0 Å². The van der Waals surface area contributed by atoms with Gasteiger partial charge in [0.25, 0.3) is 0 Å². The van der Waals surface area contributed by atoms with Gasteiger partial charge in [-0.15, -0.1) is 0 Å². The average molecular weight is 323 g/mol. The van der Waals surface area contributed by atoms with E-state index in [9.17, 15) is 0 Å². The number of imidazole rings is 1. The Kier molecular flexibility index (Phi) is 2.84. The molecule has 2 aromatic heterocycles. The Morgan fingerprint density at radius 2 is 2.00 bits per heavy atom. The zero-order valence-electron chi connectivity index (χ0n) is 9.54. The number of hydrogen-bond acceptors (Lipinski definition) is 2. The van der Waals surface area contributed by atoms with Crippen molar-refractivity contribution in [1.29, 1.82) is 0 Å². The van der Waals surface area contributed by atoms with Crippen molar-refractivity contribution in [2.24, 2.45) is 0 Å². The summed E-state index contributed by atoms with van der Waals surface area (Å²) < 4.78 is 0.873. The molecule has 0 aliphatic carbocycles. The summed E-state index contributed by atoms with van der Waals surface area (Å²) >= 11 is 9.45. The van der Waals surface area contributed by atoms with Gasteiger partial charge < -0.3 is 4.98 Å². The molecule has 0 saturated carbocycles. The summed E-state index contributed by atoms with van der Waals surface area (Å²) in [4.78, 5) is 12.1. The van der Waals surface area contributed by atoms with E-state index >= 15 is 0 Å². The number of rotatable bonds is 1. The Balaban J connectivity index is 2.16. The average Bonchev–Trinajstić information content (AvgIpc) is 2.75. The van der Waals surface area contributed by atoms with Crippen molar-refractivity contribution in [2.45, 2.75) is 6.92 Å². The molecule has 0 spiro atoms. The minimum atomic E-state index is 0.664. The van der Waals surface area contributed by atoms with Crippen molar-refractivity contribution in [1.82, 2.24) is 15.0 Å². The van der Waals surface area contributed by atoms with Crippen LogP contribution in [0.1, 0.15) is 5.69 Å². The van der Waals surface area contributed by atoms with Crippen LogP contribution in [0, 0.1) is 6.92 Å². The van der Waals surface area contributed by atoms with E-state index in [1.165, 1.54) is 0 Å². The third-order valence-corrected chi connectivity index (χ3v) is 3.91. The van der Waals surface area contributed by atoms with Gasteiger partial charge in [-0.1, -0.05) is 17.7 Å². The fraction of sp³-hybridized carbons (Fsp3) is 0.0769. The number of fused-ring (bicyclic) bond motifs is 1. The predicted molar refractivity (Wildman–Crippen MR) is 76.8 cm³/mol. The Labute approximate surface area is 117 Å². The third-order valence-electron chi connectivity index (χ3n) is 2.68. The molecular weight excluding hydrogens is 314 g/mol. The summed E-state index contributed by atoms with van der Waals surface area (Å²) in [5.74, 6) is 0.775. The fourth-order valence-corrected chi connectivity index (χ4v) is 2.19. The van der Waals surface area contributed by atoms with Crippen molar-refractivity contribution < 1.29 is 0 Å². The van der Waals surface area contributed by atoms with Gasteiger partial charge >= 0.3 is 0 Å². The van der Waals surface area contributed by atoms with Gasteiger partial charge in [-0.05, 0) is 47.1 Å². The highest BCUT2D eigenvalue weighted by Gasteiger charge is 2.08. The number of aryl methyl sites for hydroxylation is 1. The molecule has 0 aliphatic heterocycles. The van der Waals surface area contributed by atoms with Gasteiger partial charge in [0.1, 0.15) is 5.82 Å². The quantitative estimate of drug-likeness (QED) is 0.723. The molecule has 0 atom stereocenters. The van der Waals surface area contributed by atoms with Crippen LogP contribution >= 0.6 is 27.5 Å². The lowest BCUT2D eigenvalue weighted by atomic mass is 10.2. The largest absolute Gasteiger partial charge is 0.337 e. The molecule has 0 amide bonds. The molecule has 3 aromatic rings. The summed E-state index contributed by atoms with van der Waals surface area (Å²) in [6.45, 7) is 1.95. The number of nitrogens with zero attached hydrogens (tertiary/aromatic N) is 2. The van der Waals surface area contributed by atoms with Crippen molar-refractivity contribution in [3.8, 4) is 11.4 Å². The number of pyridine rings is 1. The predicted octanol–water partition coefficient (Wildman–Crippen LogP) is 4.35. The van der Waals surface area contributed by atoms with Crippen LogP contribution < -0.4 is 0 Å². The summed E-state index contributed by atoms with van der Waals surface area (Å²) in [7, 11) is 0. The van der Waals surface area contributed by atoms with Crippen molar-refractivity contribution in [2.75, 3.05) is 0 Å². The second-order valence-electron chi connectivity index (χ2n) is 4.04. The molecule has 1 N–H and O–H groups in total. The molecule has 0 radical (unpaired) electrons. The number of aromatic nitrogens is 3. The first kappa shape index (κ1) is 11.7. The van der Waals surface area contributed by atoms with Crippen LogP contribution in [0.15, 0.2) is 34.8 Å². The lowest BCUT2D eigenvalue weighted by Gasteiger charge is -1.99. The number of nitrogens with one attached hydrogen (secondary N) is 1. The van der Waals surface area contributed by atoms with Crippen LogP contribution in [-0.4, -0.2) is 15.0 Å². The topological polar surface area (TPSA) is 41.6 Å². The number of aromatic amines is 1. The summed E-state index contributed by atoms with van der Waals surface area (Å²) in [5.41, 5.74) is 3.55. The molecule has 3 nitrogen and oxygen atoms in total. The van der Waals surface area contributed by atoms with E-state index < -0.39 is 0 Å². The molecule has 3 rings (SSSR count). The van der Waals surface area contributed by atoms with Gasteiger partial charge in [0.15, 0.2) is 5.65 Å². The van der Waals surface area contributed by atoms with Gasteiger partial charge in [-0.2, -0.15) is 0 Å². The van der Waals surface area contributed by atoms with E-state index in [0.717, 1.165) is 32.7 Å². The van der Waals surface area contributed by atoms with Crippen molar-refractivity contribution >= 4 is 38.7 Å². The maximum Gasteiger partial charge on any atom is 0.178 e. The fourth-order valence-electron chi connectivity index (χ4n) is 1.77. The first-order valence-electron chi connectivity index (χ1n) is 5.42. The molecule has 1 aromatic carbocycles. The van der Waals surface area contributed by atoms with Crippen LogP contribution in [0.2, 0.25) is 5.02 Å². The van der Waals surface area contributed by atoms with E-state index in [-0.39, 0.29) is 0 Å². The Morgan fingerprint density at radius 3 is 2.78 bits per heavy atom. The smallest absolute Gasteiger partial charge is 0.178 e. The van der Waals surface area contributed by atoms with Crippen molar-refractivity contribution in [3.05, 3.63) is 45.5 Å². The maximum atomic E-state index is 6.08. The molecule has 0 aliphatic rings. The van der Waals surface area contributed by atoms with E-state index in [0.29, 0.717) is 5.02 Å². The van der Waals surface area contributed by atoms with Crippen LogP contribution in [0.4, 0.5) is 0 Å². The minimum absolute atomic E-state index is 0.664. The van der Waals surface area contributed by atoms with Crippen LogP contribution in [-0.2, 0) is 0 Å². The van der Waals surface area contributed by atoms with Gasteiger partial charge in [0, 0.05) is 15.7 Å². The standard InChI is InChI=1S/C13H9BrClN3/c1-7-2-5-11-13(16-7)18-12(17-11)8-3-4-9(14)10(15)6-8/h2-6H,1H3,(H,16,17,18). The van der Waals surface area contributed by atoms with Gasteiger partial charge in [0.2, 0.25) is 0 Å². The first-order chi connectivity index (χ1) is 8.63. The SMILES string of the molecule is Cc1ccc2[nH]c(-c3ccc(Br)c(Cl)c3)nc2n1. The first-order valence-corrected chi connectivity index (χ1v) is 6.59. The summed E-state index contributed by atoms with van der Waals surface area (Å²) in [5, 5.41) is 0.664. The zero-order chi connectivity index (χ0) is 12.7. The Morgan fingerprint density at radius 1 is 1.17 bits per heavy atom. The molecule has 0 saturated heterocycles. The van der Waals surface area contributed by atoms with E-state index in [2.05, 4.69) is 30.9 Å². The monoisotopic (exact) mass is 321 g/mol. The van der Waals surface area contributed by atoms with Crippen LogP contribution in [0.25, 0.3) is 22.6 Å². The molecule has 5 heteroatoms. The molecule has 0 unspecified atom stereocenters. The number of H-pyrrole nitrogens is 1. The lowest BCUT2D eigenvalue weighted by Crippen LogP contribution is -1.81. The highest BCUT2D eigenvalue weighted by atomic mass is 79.9. The van der Waals surface area contributed by atoms with Gasteiger partial charge in [0.05, 0.1) is 10.5 Å². The molecule has 0 fully saturated rings. The lowest BCUT2D eigenvalue weighted by molar-refractivity contribution is 1.22. The minimum Gasteiger partial charge on any atom is -0.337 e. The van der Waals surface area contributed by atoms with Crippen molar-refractivity contribution in [3.63, 3.8) is 0 Å². The van der Waals surface area contributed by atoms with E-state index in [1.807, 2.05) is 37.3 Å². The Hall–Kier alpha value is -1.39. The highest BCUT2D eigenvalue weighted by Crippen LogP contribution is 2.28. The van der Waals surface area contributed by atoms with E-state index in [4.69, 9.17) is 11.6 Å². The van der Waals surface area contributed by atoms with Gasteiger partial charge in [-0.25, -0.2) is 9.97 Å². The number of halogens is 2. The second kappa shape index (κ2) is 4.37. The maximum absolute atomic E-state index is 6.08. The number of benzene rings is 1. The molecular formula is C13H9BrClN3. The summed E-state index contributed by atoms with van der Waals surface area (Å²) in [6, 6.07) is 9.67. The normalized spacial score (nSPS) is 11.1. The van der Waals surface area contributed by atoms with Gasteiger partial charge in [-0.3, -0.25) is 0 Å². The Bertz CT molecular complexity index is 736. The summed E-state index contributed by atoms with van der Waals surface area (Å²) in [6.07, 6.45) is 0. The molecule has 18 heavy (non-hydrogen) atoms. The second-order valence-corrected chi connectivity index (χ2v) is 5.30.